The minimum atomic E-state index is -0.247. The van der Waals surface area contributed by atoms with Gasteiger partial charge in [-0.1, -0.05) is 0 Å². The fourth-order valence-corrected chi connectivity index (χ4v) is 4.54. The summed E-state index contributed by atoms with van der Waals surface area (Å²) in [5.74, 6) is 3.10. The van der Waals surface area contributed by atoms with Crippen LogP contribution in [0.4, 0.5) is 5.69 Å². The standard InChI is InChI=1S/C21H23N3O4S/c1-27-17-5-3-16(4-6-17)24-12-15(10-20(24)25)23-21(26)14-2-7-19(22-11-14)28-18-8-9-29-13-18/h2-7,11,15,18H,8-10,12-13H2,1H3,(H,23,26). The zero-order valence-electron chi connectivity index (χ0n) is 16.2. The van der Waals surface area contributed by atoms with Crippen molar-refractivity contribution in [3.63, 3.8) is 0 Å². The molecule has 2 atom stereocenters. The summed E-state index contributed by atoms with van der Waals surface area (Å²) in [5, 5.41) is 2.93. The Kier molecular flexibility index (Phi) is 5.89. The van der Waals surface area contributed by atoms with Crippen molar-refractivity contribution >= 4 is 29.3 Å². The SMILES string of the molecule is COc1ccc(N2CC(NC(=O)c3ccc(OC4CCSC4)nc3)CC2=O)cc1. The lowest BCUT2D eigenvalue weighted by molar-refractivity contribution is -0.117. The molecule has 2 fully saturated rings. The number of thioether (sulfide) groups is 1. The van der Waals surface area contributed by atoms with Crippen LogP contribution in [0.1, 0.15) is 23.2 Å². The summed E-state index contributed by atoms with van der Waals surface area (Å²) in [5.41, 5.74) is 1.24. The van der Waals surface area contributed by atoms with Crippen LogP contribution in [0.25, 0.3) is 0 Å². The van der Waals surface area contributed by atoms with Gasteiger partial charge in [0.25, 0.3) is 5.91 Å². The number of hydrogen-bond acceptors (Lipinski definition) is 6. The highest BCUT2D eigenvalue weighted by Gasteiger charge is 2.31. The first-order valence-electron chi connectivity index (χ1n) is 9.58. The van der Waals surface area contributed by atoms with Crippen molar-refractivity contribution in [1.29, 1.82) is 0 Å². The highest BCUT2D eigenvalue weighted by Crippen LogP contribution is 2.25. The van der Waals surface area contributed by atoms with E-state index < -0.39 is 0 Å². The van der Waals surface area contributed by atoms with Gasteiger partial charge in [0.2, 0.25) is 11.8 Å². The Labute approximate surface area is 173 Å². The quantitative estimate of drug-likeness (QED) is 0.784. The van der Waals surface area contributed by atoms with Gasteiger partial charge in [-0.2, -0.15) is 11.8 Å². The molecule has 7 nitrogen and oxygen atoms in total. The number of nitrogens with one attached hydrogen (secondary N) is 1. The Hall–Kier alpha value is -2.74. The molecule has 2 aromatic rings. The minimum Gasteiger partial charge on any atom is -0.497 e. The molecule has 0 radical (unpaired) electrons. The van der Waals surface area contributed by atoms with Crippen molar-refractivity contribution in [2.75, 3.05) is 30.1 Å². The second-order valence-corrected chi connectivity index (χ2v) is 8.22. The molecule has 3 heterocycles. The molecule has 0 aliphatic carbocycles. The molecule has 1 aromatic heterocycles. The van der Waals surface area contributed by atoms with Crippen LogP contribution in [-0.2, 0) is 4.79 Å². The second-order valence-electron chi connectivity index (χ2n) is 7.07. The maximum absolute atomic E-state index is 12.5. The van der Waals surface area contributed by atoms with Gasteiger partial charge in [-0.15, -0.1) is 0 Å². The summed E-state index contributed by atoms with van der Waals surface area (Å²) in [6.07, 6.45) is 3.01. The van der Waals surface area contributed by atoms with Gasteiger partial charge in [-0.25, -0.2) is 4.98 Å². The normalized spacial score (nSPS) is 21.3. The smallest absolute Gasteiger partial charge is 0.253 e. The lowest BCUT2D eigenvalue weighted by Gasteiger charge is -2.17. The molecule has 2 aliphatic heterocycles. The molecular weight excluding hydrogens is 390 g/mol. The highest BCUT2D eigenvalue weighted by atomic mass is 32.2. The van der Waals surface area contributed by atoms with Crippen molar-refractivity contribution < 1.29 is 19.1 Å². The third-order valence-corrected chi connectivity index (χ3v) is 6.15. The molecule has 29 heavy (non-hydrogen) atoms. The fourth-order valence-electron chi connectivity index (χ4n) is 3.45. The molecule has 2 saturated heterocycles. The highest BCUT2D eigenvalue weighted by molar-refractivity contribution is 7.99. The van der Waals surface area contributed by atoms with Gasteiger partial charge >= 0.3 is 0 Å². The van der Waals surface area contributed by atoms with Crippen molar-refractivity contribution in [3.8, 4) is 11.6 Å². The second kappa shape index (κ2) is 8.73. The topological polar surface area (TPSA) is 80.8 Å². The van der Waals surface area contributed by atoms with Crippen molar-refractivity contribution in [3.05, 3.63) is 48.2 Å². The van der Waals surface area contributed by atoms with E-state index >= 15 is 0 Å². The molecule has 8 heteroatoms. The largest absolute Gasteiger partial charge is 0.497 e. The molecule has 4 rings (SSSR count). The number of amides is 2. The predicted octanol–water partition coefficient (Wildman–Crippen LogP) is 2.51. The number of rotatable bonds is 6. The van der Waals surface area contributed by atoms with Gasteiger partial charge in [0.15, 0.2) is 0 Å². The van der Waals surface area contributed by atoms with E-state index in [1.807, 2.05) is 36.0 Å². The zero-order valence-corrected chi connectivity index (χ0v) is 17.0. The first-order valence-corrected chi connectivity index (χ1v) is 10.7. The van der Waals surface area contributed by atoms with E-state index in [1.165, 1.54) is 6.20 Å². The van der Waals surface area contributed by atoms with Crippen LogP contribution in [-0.4, -0.2) is 54.1 Å². The van der Waals surface area contributed by atoms with Crippen LogP contribution in [0.2, 0.25) is 0 Å². The average molecular weight is 413 g/mol. The number of pyridine rings is 1. The summed E-state index contributed by atoms with van der Waals surface area (Å²) in [4.78, 5) is 30.9. The van der Waals surface area contributed by atoms with Crippen molar-refractivity contribution in [2.24, 2.45) is 0 Å². The Bertz CT molecular complexity index is 866. The van der Waals surface area contributed by atoms with E-state index in [0.717, 1.165) is 29.4 Å². The number of carbonyl (C=O) groups is 2. The number of hydrogen-bond donors (Lipinski definition) is 1. The zero-order chi connectivity index (χ0) is 20.2. The number of carbonyl (C=O) groups excluding carboxylic acids is 2. The third kappa shape index (κ3) is 4.64. The summed E-state index contributed by atoms with van der Waals surface area (Å²) in [6, 6.07) is 10.5. The number of ether oxygens (including phenoxy) is 2. The van der Waals surface area contributed by atoms with Crippen LogP contribution in [0.3, 0.4) is 0 Å². The number of aromatic nitrogens is 1. The first kappa shape index (κ1) is 19.6. The van der Waals surface area contributed by atoms with Crippen LogP contribution < -0.4 is 19.7 Å². The van der Waals surface area contributed by atoms with E-state index in [9.17, 15) is 9.59 Å². The first-order chi connectivity index (χ1) is 14.1. The average Bonchev–Trinajstić information content (AvgIpc) is 3.38. The van der Waals surface area contributed by atoms with Gasteiger partial charge in [0.1, 0.15) is 11.9 Å². The molecule has 2 unspecified atom stereocenters. The van der Waals surface area contributed by atoms with E-state index in [1.54, 1.807) is 24.1 Å². The van der Waals surface area contributed by atoms with Gasteiger partial charge in [0, 0.05) is 36.7 Å². The lowest BCUT2D eigenvalue weighted by atomic mass is 10.2. The Morgan fingerprint density at radius 3 is 2.72 bits per heavy atom. The van der Waals surface area contributed by atoms with E-state index in [-0.39, 0.29) is 30.4 Å². The van der Waals surface area contributed by atoms with Crippen LogP contribution in [0.15, 0.2) is 42.6 Å². The summed E-state index contributed by atoms with van der Waals surface area (Å²) in [7, 11) is 1.60. The Balaban J connectivity index is 1.33. The maximum atomic E-state index is 12.5. The fraction of sp³-hybridized carbons (Fsp3) is 0.381. The number of nitrogens with zero attached hydrogens (tertiary/aromatic N) is 2. The van der Waals surface area contributed by atoms with E-state index in [4.69, 9.17) is 9.47 Å². The minimum absolute atomic E-state index is 0.0169. The molecule has 2 amide bonds. The van der Waals surface area contributed by atoms with Gasteiger partial charge in [-0.05, 0) is 42.5 Å². The van der Waals surface area contributed by atoms with Crippen molar-refractivity contribution in [2.45, 2.75) is 25.0 Å². The lowest BCUT2D eigenvalue weighted by Crippen LogP contribution is -2.37. The van der Waals surface area contributed by atoms with Gasteiger partial charge < -0.3 is 19.7 Å². The molecule has 0 bridgehead atoms. The number of methoxy groups -OCH3 is 1. The number of anilines is 1. The molecule has 0 saturated carbocycles. The molecule has 1 aromatic carbocycles. The summed E-state index contributed by atoms with van der Waals surface area (Å²) >= 11 is 1.87. The summed E-state index contributed by atoms with van der Waals surface area (Å²) < 4.78 is 11.0. The van der Waals surface area contributed by atoms with Crippen molar-refractivity contribution in [1.82, 2.24) is 10.3 Å². The molecule has 152 valence electrons. The van der Waals surface area contributed by atoms with E-state index in [0.29, 0.717) is 18.0 Å². The van der Waals surface area contributed by atoms with Gasteiger partial charge in [-0.3, -0.25) is 9.59 Å². The monoisotopic (exact) mass is 413 g/mol. The molecular formula is C21H23N3O4S. The molecule has 1 N–H and O–H groups in total. The van der Waals surface area contributed by atoms with Crippen LogP contribution in [0, 0.1) is 0 Å². The van der Waals surface area contributed by atoms with E-state index in [2.05, 4.69) is 10.3 Å². The Morgan fingerprint density at radius 1 is 1.24 bits per heavy atom. The Morgan fingerprint density at radius 2 is 2.07 bits per heavy atom. The number of benzene rings is 1. The maximum Gasteiger partial charge on any atom is 0.253 e. The molecule has 2 aliphatic rings. The molecule has 0 spiro atoms. The predicted molar refractivity (Wildman–Crippen MR) is 112 cm³/mol. The van der Waals surface area contributed by atoms with Crippen LogP contribution >= 0.6 is 11.8 Å². The van der Waals surface area contributed by atoms with Gasteiger partial charge in [0.05, 0.1) is 18.7 Å². The summed E-state index contributed by atoms with van der Waals surface area (Å²) in [6.45, 7) is 0.435. The third-order valence-electron chi connectivity index (χ3n) is 5.02. The van der Waals surface area contributed by atoms with Crippen LogP contribution in [0.5, 0.6) is 11.6 Å².